The van der Waals surface area contributed by atoms with Crippen LogP contribution < -0.4 is 4.90 Å². The molecule has 0 radical (unpaired) electrons. The van der Waals surface area contributed by atoms with Crippen molar-refractivity contribution in [2.45, 2.75) is 64.7 Å². The summed E-state index contributed by atoms with van der Waals surface area (Å²) in [7, 11) is 0. The summed E-state index contributed by atoms with van der Waals surface area (Å²) in [6.45, 7) is 20.4. The van der Waals surface area contributed by atoms with Crippen molar-refractivity contribution in [2.24, 2.45) is 0 Å². The van der Waals surface area contributed by atoms with Crippen molar-refractivity contribution in [3.05, 3.63) is 167 Å². The summed E-state index contributed by atoms with van der Waals surface area (Å²) in [5, 5.41) is 0. The van der Waals surface area contributed by atoms with Crippen molar-refractivity contribution < 1.29 is 0 Å². The van der Waals surface area contributed by atoms with E-state index in [2.05, 4.69) is 175 Å². The maximum Gasteiger partial charge on any atom is 0.0465 e. The van der Waals surface area contributed by atoms with Gasteiger partial charge in [-0.3, -0.25) is 0 Å². The average Bonchev–Trinajstić information content (AvgIpc) is 3.54. The van der Waals surface area contributed by atoms with Gasteiger partial charge >= 0.3 is 0 Å². The molecule has 0 amide bonds. The van der Waals surface area contributed by atoms with E-state index in [0.717, 1.165) is 0 Å². The van der Waals surface area contributed by atoms with Gasteiger partial charge in [-0.2, -0.15) is 0 Å². The summed E-state index contributed by atoms with van der Waals surface area (Å²) in [4.78, 5) is 2.49. The van der Waals surface area contributed by atoms with Gasteiger partial charge in [0.2, 0.25) is 0 Å². The van der Waals surface area contributed by atoms with Crippen LogP contribution in [0, 0.1) is 0 Å². The van der Waals surface area contributed by atoms with Crippen LogP contribution in [0.15, 0.2) is 134 Å². The van der Waals surface area contributed by atoms with Gasteiger partial charge in [-0.05, 0) is 110 Å². The minimum atomic E-state index is -0.121. The smallest absolute Gasteiger partial charge is 0.0465 e. The summed E-state index contributed by atoms with van der Waals surface area (Å²) >= 11 is 0. The largest absolute Gasteiger partial charge is 0.310 e. The number of benzene rings is 5. The van der Waals surface area contributed by atoms with Crippen LogP contribution in [-0.4, -0.2) is 0 Å². The lowest BCUT2D eigenvalue weighted by atomic mass is 9.81. The summed E-state index contributed by atoms with van der Waals surface area (Å²) < 4.78 is 0. The highest BCUT2D eigenvalue weighted by molar-refractivity contribution is 5.93. The van der Waals surface area contributed by atoms with Gasteiger partial charge in [0.25, 0.3) is 0 Å². The maximum absolute atomic E-state index is 4.04. The molecular formula is C46H43N. The molecule has 0 heterocycles. The van der Waals surface area contributed by atoms with Gasteiger partial charge in [0.15, 0.2) is 0 Å². The Balaban J connectivity index is 1.35. The van der Waals surface area contributed by atoms with E-state index >= 15 is 0 Å². The molecule has 1 nitrogen and oxygen atoms in total. The zero-order valence-electron chi connectivity index (χ0n) is 28.7. The van der Waals surface area contributed by atoms with E-state index in [-0.39, 0.29) is 16.2 Å². The second-order valence-electron chi connectivity index (χ2n) is 15.0. The van der Waals surface area contributed by atoms with Gasteiger partial charge in [-0.25, -0.2) is 0 Å². The Hall–Kier alpha value is -4.88. The van der Waals surface area contributed by atoms with Crippen molar-refractivity contribution in [3.8, 4) is 22.3 Å². The molecule has 0 saturated heterocycles. The summed E-state index contributed by atoms with van der Waals surface area (Å²) in [5.41, 5.74) is 19.5. The molecule has 0 unspecified atom stereocenters. The van der Waals surface area contributed by atoms with Crippen molar-refractivity contribution >= 4 is 22.6 Å². The molecule has 47 heavy (non-hydrogen) atoms. The third-order valence-electron chi connectivity index (χ3n) is 11.4. The first-order valence-electron chi connectivity index (χ1n) is 16.9. The molecule has 0 saturated carbocycles. The Morgan fingerprint density at radius 3 is 1.34 bits per heavy atom. The van der Waals surface area contributed by atoms with E-state index in [1.165, 1.54) is 83.8 Å². The number of fused-ring (bicyclic) bond motifs is 7. The number of nitrogens with zero attached hydrogens (tertiary/aromatic N) is 1. The Kier molecular flexibility index (Phi) is 6.32. The number of hydrogen-bond acceptors (Lipinski definition) is 1. The van der Waals surface area contributed by atoms with Gasteiger partial charge in [0.05, 0.1) is 0 Å². The number of hydrogen-bond donors (Lipinski definition) is 0. The predicted octanol–water partition coefficient (Wildman–Crippen LogP) is 12.6. The summed E-state index contributed by atoms with van der Waals surface area (Å²) in [6.07, 6.45) is 6.35. The molecule has 0 aliphatic heterocycles. The van der Waals surface area contributed by atoms with Gasteiger partial charge in [-0.15, -0.1) is 0 Å². The number of anilines is 3. The molecule has 232 valence electrons. The van der Waals surface area contributed by atoms with Crippen LogP contribution in [0.3, 0.4) is 0 Å². The normalized spacial score (nSPS) is 18.8. The third-order valence-corrected chi connectivity index (χ3v) is 11.4. The monoisotopic (exact) mass is 609 g/mol. The van der Waals surface area contributed by atoms with Crippen LogP contribution in [0.4, 0.5) is 17.1 Å². The lowest BCUT2D eigenvalue weighted by Gasteiger charge is -2.31. The zero-order valence-corrected chi connectivity index (χ0v) is 28.7. The molecule has 3 aliphatic rings. The highest BCUT2D eigenvalue weighted by Crippen LogP contribution is 2.55. The van der Waals surface area contributed by atoms with Crippen LogP contribution in [0.2, 0.25) is 0 Å². The molecule has 0 aromatic heterocycles. The van der Waals surface area contributed by atoms with Crippen LogP contribution >= 0.6 is 0 Å². The molecule has 1 heteroatoms. The van der Waals surface area contributed by atoms with Crippen molar-refractivity contribution in [1.29, 1.82) is 0 Å². The highest BCUT2D eigenvalue weighted by atomic mass is 15.1. The van der Waals surface area contributed by atoms with Gasteiger partial charge in [0, 0.05) is 33.3 Å². The molecule has 0 spiro atoms. The topological polar surface area (TPSA) is 3.24 Å². The number of allylic oxidation sites excluding steroid dienone is 5. The molecule has 0 bridgehead atoms. The lowest BCUT2D eigenvalue weighted by molar-refractivity contribution is 0.659. The minimum Gasteiger partial charge on any atom is -0.310 e. The van der Waals surface area contributed by atoms with E-state index in [9.17, 15) is 0 Å². The Bertz CT molecular complexity index is 2090. The summed E-state index contributed by atoms with van der Waals surface area (Å²) in [6, 6.07) is 39.1. The van der Waals surface area contributed by atoms with Crippen molar-refractivity contribution in [1.82, 2.24) is 0 Å². The van der Waals surface area contributed by atoms with Crippen molar-refractivity contribution in [2.75, 3.05) is 4.90 Å². The molecule has 3 aliphatic carbocycles. The third kappa shape index (κ3) is 4.02. The van der Waals surface area contributed by atoms with Crippen LogP contribution in [0.25, 0.3) is 27.8 Å². The summed E-state index contributed by atoms with van der Waals surface area (Å²) in [5.74, 6) is 0. The SMILES string of the molecule is C=C/C=C1\C(=C/C)C(C)(C)c2cc(N(c3ccc4c(c3)C(C)(C)c3ccccc3-4)c3ccc4c(c3)C(C)(C)c3ccccc3-4)ccc21. The van der Waals surface area contributed by atoms with Gasteiger partial charge in [-0.1, -0.05) is 133 Å². The molecule has 5 aromatic carbocycles. The van der Waals surface area contributed by atoms with E-state index < -0.39 is 0 Å². The molecular weight excluding hydrogens is 567 g/mol. The Morgan fingerprint density at radius 1 is 0.489 bits per heavy atom. The van der Waals surface area contributed by atoms with Gasteiger partial charge < -0.3 is 4.90 Å². The first kappa shape index (κ1) is 29.5. The fourth-order valence-corrected chi connectivity index (χ4v) is 8.97. The molecule has 0 N–H and O–H groups in total. The first-order valence-corrected chi connectivity index (χ1v) is 16.9. The predicted molar refractivity (Wildman–Crippen MR) is 201 cm³/mol. The maximum atomic E-state index is 4.04. The standard InChI is InChI=1S/C46H43N/c1-9-15-32-35-23-20-29(26-41(35)44(3,4)38(32)10-2)47(30-21-24-36-33-16-11-13-18-39(33)45(5,6)42(36)27-30)31-22-25-37-34-17-12-14-19-40(34)46(7,8)43(37)28-31/h9-28H,1H2,2-8H3/b32-15-,38-10+. The van der Waals surface area contributed by atoms with Crippen LogP contribution in [0.1, 0.15) is 81.8 Å². The lowest BCUT2D eigenvalue weighted by Crippen LogP contribution is -2.19. The van der Waals surface area contributed by atoms with E-state index in [4.69, 9.17) is 0 Å². The first-order chi connectivity index (χ1) is 22.5. The van der Waals surface area contributed by atoms with Gasteiger partial charge in [0.1, 0.15) is 0 Å². The minimum absolute atomic E-state index is 0.0830. The molecule has 0 atom stereocenters. The highest BCUT2D eigenvalue weighted by Gasteiger charge is 2.40. The quantitative estimate of drug-likeness (QED) is 0.196. The average molecular weight is 610 g/mol. The van der Waals surface area contributed by atoms with Crippen molar-refractivity contribution in [3.63, 3.8) is 0 Å². The second kappa shape index (κ2) is 10.1. The fourth-order valence-electron chi connectivity index (χ4n) is 8.97. The molecule has 8 rings (SSSR count). The second-order valence-corrected chi connectivity index (χ2v) is 15.0. The number of rotatable bonds is 4. The van der Waals surface area contributed by atoms with Crippen LogP contribution in [0.5, 0.6) is 0 Å². The fraction of sp³-hybridized carbons (Fsp3) is 0.217. The van der Waals surface area contributed by atoms with E-state index in [1.807, 2.05) is 6.08 Å². The van der Waals surface area contributed by atoms with E-state index in [1.54, 1.807) is 0 Å². The zero-order chi connectivity index (χ0) is 32.9. The Morgan fingerprint density at radius 2 is 0.894 bits per heavy atom. The molecule has 0 fully saturated rings. The van der Waals surface area contributed by atoms with E-state index in [0.29, 0.717) is 0 Å². The van der Waals surface area contributed by atoms with Crippen LogP contribution in [-0.2, 0) is 16.2 Å². The molecule has 5 aromatic rings. The Labute approximate surface area is 280 Å².